The van der Waals surface area contributed by atoms with Gasteiger partial charge in [-0.15, -0.1) is 0 Å². The maximum atomic E-state index is 11.8. The molecule has 5 nitrogen and oxygen atoms in total. The highest BCUT2D eigenvalue weighted by Gasteiger charge is 2.02. The van der Waals surface area contributed by atoms with Crippen molar-refractivity contribution < 1.29 is 13.5 Å². The zero-order chi connectivity index (χ0) is 14.4. The number of aromatic nitrogens is 2. The van der Waals surface area contributed by atoms with Gasteiger partial charge in [-0.25, -0.2) is 13.8 Å². The molecule has 0 atom stereocenters. The van der Waals surface area contributed by atoms with Crippen LogP contribution >= 0.6 is 0 Å². The second kappa shape index (κ2) is 7.06. The molecule has 2 aromatic rings. The minimum atomic E-state index is -2.45. The number of nitrogens with zero attached hydrogens (tertiary/aromatic N) is 2. The molecule has 0 fully saturated rings. The summed E-state index contributed by atoms with van der Waals surface area (Å²) in [5.41, 5.74) is 1.03. The first-order valence-electron chi connectivity index (χ1n) is 6.21. The van der Waals surface area contributed by atoms with Gasteiger partial charge in [0.25, 0.3) is 12.0 Å². The molecule has 0 aliphatic carbocycles. The van der Waals surface area contributed by atoms with Crippen LogP contribution in [-0.4, -0.2) is 35.6 Å². The molecule has 20 heavy (non-hydrogen) atoms. The van der Waals surface area contributed by atoms with Crippen LogP contribution in [0.2, 0.25) is 0 Å². The third-order valence-electron chi connectivity index (χ3n) is 2.60. The van der Waals surface area contributed by atoms with Gasteiger partial charge >= 0.3 is 0 Å². The molecular weight excluding hydrogens is 268 g/mol. The number of hydrogen-bond donors (Lipinski definition) is 1. The maximum Gasteiger partial charge on any atom is 0.261 e. The van der Waals surface area contributed by atoms with E-state index in [2.05, 4.69) is 10.3 Å². The highest BCUT2D eigenvalue weighted by Crippen LogP contribution is 1.98. The van der Waals surface area contributed by atoms with Crippen LogP contribution < -0.4 is 10.9 Å². The predicted molar refractivity (Wildman–Crippen MR) is 70.0 cm³/mol. The molecule has 0 bridgehead atoms. The van der Waals surface area contributed by atoms with Crippen LogP contribution in [0.4, 0.5) is 8.78 Å². The molecule has 2 aromatic heterocycles. The molecular formula is C13H15F2N3O2. The standard InChI is InChI=1S/C13H15F2N3O2/c14-11(15)9-20-6-4-16-8-10-7-13(19)18-5-2-1-3-12(18)17-10/h1-3,5,7,11,16H,4,6,8-9H2. The molecule has 0 saturated heterocycles. The third-order valence-corrected chi connectivity index (χ3v) is 2.60. The van der Waals surface area contributed by atoms with Crippen LogP contribution in [0.3, 0.4) is 0 Å². The molecule has 0 radical (unpaired) electrons. The third kappa shape index (κ3) is 4.07. The zero-order valence-electron chi connectivity index (χ0n) is 10.8. The Kier molecular flexibility index (Phi) is 5.14. The van der Waals surface area contributed by atoms with Gasteiger partial charge in [0.2, 0.25) is 0 Å². The molecule has 0 amide bonds. The molecule has 2 rings (SSSR count). The molecule has 0 aliphatic heterocycles. The average molecular weight is 283 g/mol. The number of rotatable bonds is 7. The minimum absolute atomic E-state index is 0.152. The van der Waals surface area contributed by atoms with E-state index >= 15 is 0 Å². The summed E-state index contributed by atoms with van der Waals surface area (Å²) in [5.74, 6) is 0. The van der Waals surface area contributed by atoms with Crippen molar-refractivity contribution in [2.45, 2.75) is 13.0 Å². The molecule has 0 aliphatic rings. The van der Waals surface area contributed by atoms with Crippen molar-refractivity contribution >= 4 is 5.65 Å². The number of fused-ring (bicyclic) bond motifs is 1. The Morgan fingerprint density at radius 2 is 2.25 bits per heavy atom. The van der Waals surface area contributed by atoms with Crippen LogP contribution in [0.25, 0.3) is 5.65 Å². The Labute approximate surface area is 114 Å². The number of nitrogens with one attached hydrogen (secondary N) is 1. The Hall–Kier alpha value is -1.86. The number of alkyl halides is 2. The van der Waals surface area contributed by atoms with Crippen LogP contribution in [-0.2, 0) is 11.3 Å². The van der Waals surface area contributed by atoms with E-state index < -0.39 is 13.0 Å². The van der Waals surface area contributed by atoms with Gasteiger partial charge in [0, 0.05) is 25.4 Å². The Morgan fingerprint density at radius 1 is 1.40 bits per heavy atom. The first-order chi connectivity index (χ1) is 9.66. The summed E-state index contributed by atoms with van der Waals surface area (Å²) >= 11 is 0. The molecule has 0 aromatic carbocycles. The fourth-order valence-corrected chi connectivity index (χ4v) is 1.73. The van der Waals surface area contributed by atoms with Crippen molar-refractivity contribution in [3.8, 4) is 0 Å². The van der Waals surface area contributed by atoms with Crippen molar-refractivity contribution in [1.29, 1.82) is 0 Å². The largest absolute Gasteiger partial charge is 0.374 e. The number of ether oxygens (including phenoxy) is 1. The molecule has 2 heterocycles. The van der Waals surface area contributed by atoms with E-state index in [4.69, 9.17) is 4.74 Å². The minimum Gasteiger partial charge on any atom is -0.374 e. The topological polar surface area (TPSA) is 55.6 Å². The Bertz CT molecular complexity index is 616. The van der Waals surface area contributed by atoms with E-state index in [1.807, 2.05) is 0 Å². The summed E-state index contributed by atoms with van der Waals surface area (Å²) in [6, 6.07) is 6.75. The SMILES string of the molecule is O=c1cc(CNCCOCC(F)F)nc2ccccn12. The summed E-state index contributed by atoms with van der Waals surface area (Å²) in [4.78, 5) is 16.1. The molecule has 0 unspecified atom stereocenters. The molecule has 1 N–H and O–H groups in total. The van der Waals surface area contributed by atoms with Crippen molar-refractivity contribution in [3.63, 3.8) is 0 Å². The number of halogens is 2. The van der Waals surface area contributed by atoms with E-state index in [1.165, 1.54) is 10.5 Å². The van der Waals surface area contributed by atoms with Gasteiger partial charge in [-0.2, -0.15) is 0 Å². The van der Waals surface area contributed by atoms with Gasteiger partial charge in [0.15, 0.2) is 0 Å². The van der Waals surface area contributed by atoms with E-state index in [9.17, 15) is 13.6 Å². The lowest BCUT2D eigenvalue weighted by Crippen LogP contribution is -2.23. The normalized spacial score (nSPS) is 11.3. The fraction of sp³-hybridized carbons (Fsp3) is 0.385. The monoisotopic (exact) mass is 283 g/mol. The van der Waals surface area contributed by atoms with Gasteiger partial charge < -0.3 is 10.1 Å². The van der Waals surface area contributed by atoms with Gasteiger partial charge in [-0.1, -0.05) is 6.07 Å². The van der Waals surface area contributed by atoms with Crippen LogP contribution in [0.15, 0.2) is 35.3 Å². The summed E-state index contributed by atoms with van der Waals surface area (Å²) in [6.07, 6.45) is -0.794. The van der Waals surface area contributed by atoms with E-state index in [0.29, 0.717) is 24.4 Å². The molecule has 7 heteroatoms. The average Bonchev–Trinajstić information content (AvgIpc) is 2.42. The molecule has 0 spiro atoms. The smallest absolute Gasteiger partial charge is 0.261 e. The highest BCUT2D eigenvalue weighted by molar-refractivity contribution is 5.37. The quantitative estimate of drug-likeness (QED) is 0.772. The number of hydrogen-bond acceptors (Lipinski definition) is 4. The lowest BCUT2D eigenvalue weighted by Gasteiger charge is -2.06. The summed E-state index contributed by atoms with van der Waals surface area (Å²) in [5, 5.41) is 2.99. The van der Waals surface area contributed by atoms with Crippen LogP contribution in [0.1, 0.15) is 5.69 Å². The van der Waals surface area contributed by atoms with E-state index in [1.54, 1.807) is 24.4 Å². The van der Waals surface area contributed by atoms with Crippen LogP contribution in [0.5, 0.6) is 0 Å². The van der Waals surface area contributed by atoms with Crippen molar-refractivity contribution in [2.75, 3.05) is 19.8 Å². The van der Waals surface area contributed by atoms with Crippen molar-refractivity contribution in [3.05, 3.63) is 46.5 Å². The van der Waals surface area contributed by atoms with Gasteiger partial charge in [0.1, 0.15) is 12.3 Å². The van der Waals surface area contributed by atoms with Crippen molar-refractivity contribution in [2.24, 2.45) is 0 Å². The van der Waals surface area contributed by atoms with E-state index in [0.717, 1.165) is 0 Å². The lowest BCUT2D eigenvalue weighted by molar-refractivity contribution is 0.0187. The lowest BCUT2D eigenvalue weighted by atomic mass is 10.3. The predicted octanol–water partition coefficient (Wildman–Crippen LogP) is 1.07. The first-order valence-corrected chi connectivity index (χ1v) is 6.21. The van der Waals surface area contributed by atoms with Gasteiger partial charge in [0.05, 0.1) is 12.3 Å². The summed E-state index contributed by atoms with van der Waals surface area (Å²) in [7, 11) is 0. The van der Waals surface area contributed by atoms with Gasteiger partial charge in [-0.05, 0) is 12.1 Å². The van der Waals surface area contributed by atoms with E-state index in [-0.39, 0.29) is 12.2 Å². The molecule has 108 valence electrons. The Morgan fingerprint density at radius 3 is 3.05 bits per heavy atom. The summed E-state index contributed by atoms with van der Waals surface area (Å²) in [6.45, 7) is 0.440. The van der Waals surface area contributed by atoms with Crippen LogP contribution in [0, 0.1) is 0 Å². The highest BCUT2D eigenvalue weighted by atomic mass is 19.3. The zero-order valence-corrected chi connectivity index (χ0v) is 10.8. The van der Waals surface area contributed by atoms with Crippen molar-refractivity contribution in [1.82, 2.24) is 14.7 Å². The molecule has 0 saturated carbocycles. The second-order valence-electron chi connectivity index (χ2n) is 4.16. The first kappa shape index (κ1) is 14.5. The Balaban J connectivity index is 1.86. The second-order valence-corrected chi connectivity index (χ2v) is 4.16. The fourth-order valence-electron chi connectivity index (χ4n) is 1.73. The maximum absolute atomic E-state index is 11.8. The number of pyridine rings is 1. The van der Waals surface area contributed by atoms with Gasteiger partial charge in [-0.3, -0.25) is 9.20 Å². The summed E-state index contributed by atoms with van der Waals surface area (Å²) < 4.78 is 29.8.